The van der Waals surface area contributed by atoms with Gasteiger partial charge in [0.15, 0.2) is 5.78 Å². The molecular weight excluding hydrogens is 322 g/mol. The third-order valence-electron chi connectivity index (χ3n) is 5.38. The summed E-state index contributed by atoms with van der Waals surface area (Å²) in [5, 5.41) is 0. The molecule has 0 amide bonds. The SMILES string of the molecule is CCC(=O)C1C(C)OCCN1CCC(c1ccccc1)c1ccccc1. The Morgan fingerprint density at radius 1 is 1.08 bits per heavy atom. The van der Waals surface area contributed by atoms with E-state index in [9.17, 15) is 4.79 Å². The van der Waals surface area contributed by atoms with Crippen molar-refractivity contribution in [3.05, 3.63) is 71.8 Å². The van der Waals surface area contributed by atoms with Crippen LogP contribution in [-0.4, -0.2) is 42.5 Å². The van der Waals surface area contributed by atoms with E-state index in [1.165, 1.54) is 11.1 Å². The van der Waals surface area contributed by atoms with Gasteiger partial charge in [0.1, 0.15) is 0 Å². The average molecular weight is 351 g/mol. The van der Waals surface area contributed by atoms with E-state index in [2.05, 4.69) is 65.6 Å². The fourth-order valence-electron chi connectivity index (χ4n) is 4.00. The molecule has 0 spiro atoms. The van der Waals surface area contributed by atoms with Crippen molar-refractivity contribution in [2.75, 3.05) is 19.7 Å². The molecule has 2 unspecified atom stereocenters. The Kier molecular flexibility index (Phi) is 6.59. The second kappa shape index (κ2) is 9.11. The number of hydrogen-bond acceptors (Lipinski definition) is 3. The van der Waals surface area contributed by atoms with E-state index in [0.717, 1.165) is 19.5 Å². The minimum Gasteiger partial charge on any atom is -0.375 e. The van der Waals surface area contributed by atoms with E-state index < -0.39 is 0 Å². The molecule has 1 aliphatic heterocycles. The van der Waals surface area contributed by atoms with E-state index in [1.54, 1.807) is 0 Å². The Bertz CT molecular complexity index is 646. The molecule has 1 heterocycles. The molecule has 26 heavy (non-hydrogen) atoms. The van der Waals surface area contributed by atoms with Gasteiger partial charge in [0.25, 0.3) is 0 Å². The number of benzene rings is 2. The number of carbonyl (C=O) groups is 1. The van der Waals surface area contributed by atoms with Crippen LogP contribution < -0.4 is 0 Å². The zero-order chi connectivity index (χ0) is 18.4. The number of hydrogen-bond donors (Lipinski definition) is 0. The molecule has 0 radical (unpaired) electrons. The van der Waals surface area contributed by atoms with Crippen LogP contribution in [0.3, 0.4) is 0 Å². The van der Waals surface area contributed by atoms with Crippen molar-refractivity contribution in [3.63, 3.8) is 0 Å². The van der Waals surface area contributed by atoms with Crippen molar-refractivity contribution in [1.29, 1.82) is 0 Å². The van der Waals surface area contributed by atoms with Crippen molar-refractivity contribution < 1.29 is 9.53 Å². The molecule has 0 bridgehead atoms. The summed E-state index contributed by atoms with van der Waals surface area (Å²) < 4.78 is 5.76. The van der Waals surface area contributed by atoms with Crippen LogP contribution in [0.25, 0.3) is 0 Å². The third kappa shape index (κ3) is 4.40. The van der Waals surface area contributed by atoms with E-state index in [0.29, 0.717) is 18.9 Å². The normalized spacial score (nSPS) is 21.0. The smallest absolute Gasteiger partial charge is 0.152 e. The number of ether oxygens (including phenoxy) is 1. The van der Waals surface area contributed by atoms with E-state index >= 15 is 0 Å². The molecule has 3 nitrogen and oxygen atoms in total. The first-order valence-electron chi connectivity index (χ1n) is 9.69. The predicted molar refractivity (Wildman–Crippen MR) is 105 cm³/mol. The van der Waals surface area contributed by atoms with Crippen molar-refractivity contribution in [3.8, 4) is 0 Å². The number of ketones is 1. The number of carbonyl (C=O) groups excluding carboxylic acids is 1. The minimum atomic E-state index is -0.110. The van der Waals surface area contributed by atoms with Gasteiger partial charge in [-0.2, -0.15) is 0 Å². The fourth-order valence-corrected chi connectivity index (χ4v) is 4.00. The summed E-state index contributed by atoms with van der Waals surface area (Å²) in [6.45, 7) is 6.40. The summed E-state index contributed by atoms with van der Waals surface area (Å²) >= 11 is 0. The molecule has 1 fully saturated rings. The molecule has 2 atom stereocenters. The molecule has 0 aliphatic carbocycles. The maximum Gasteiger partial charge on any atom is 0.152 e. The van der Waals surface area contributed by atoms with Crippen LogP contribution in [0.15, 0.2) is 60.7 Å². The van der Waals surface area contributed by atoms with Crippen molar-refractivity contribution in [2.45, 2.75) is 44.8 Å². The second-order valence-electron chi connectivity index (χ2n) is 7.04. The topological polar surface area (TPSA) is 29.5 Å². The fraction of sp³-hybridized carbons (Fsp3) is 0.435. The summed E-state index contributed by atoms with van der Waals surface area (Å²) in [6, 6.07) is 21.2. The first-order valence-corrected chi connectivity index (χ1v) is 9.69. The molecule has 1 saturated heterocycles. The molecule has 138 valence electrons. The highest BCUT2D eigenvalue weighted by Crippen LogP contribution is 2.29. The molecule has 3 heteroatoms. The quantitative estimate of drug-likeness (QED) is 0.746. The van der Waals surface area contributed by atoms with Gasteiger partial charge in [-0.1, -0.05) is 67.6 Å². The van der Waals surface area contributed by atoms with E-state index in [1.807, 2.05) is 13.8 Å². The Morgan fingerprint density at radius 3 is 2.19 bits per heavy atom. The highest BCUT2D eigenvalue weighted by Gasteiger charge is 2.34. The average Bonchev–Trinajstić information content (AvgIpc) is 2.69. The first-order chi connectivity index (χ1) is 12.7. The lowest BCUT2D eigenvalue weighted by Crippen LogP contribution is -2.54. The number of nitrogens with zero attached hydrogens (tertiary/aromatic N) is 1. The molecule has 1 aliphatic rings. The zero-order valence-electron chi connectivity index (χ0n) is 15.8. The maximum atomic E-state index is 12.5. The van der Waals surface area contributed by atoms with Crippen LogP contribution in [0.4, 0.5) is 0 Å². The van der Waals surface area contributed by atoms with Crippen molar-refractivity contribution in [1.82, 2.24) is 4.90 Å². The van der Waals surface area contributed by atoms with Crippen molar-refractivity contribution in [2.24, 2.45) is 0 Å². The van der Waals surface area contributed by atoms with Gasteiger partial charge in [0.05, 0.1) is 18.8 Å². The Balaban J connectivity index is 1.78. The lowest BCUT2D eigenvalue weighted by molar-refractivity contribution is -0.136. The zero-order valence-corrected chi connectivity index (χ0v) is 15.8. The van der Waals surface area contributed by atoms with Crippen LogP contribution >= 0.6 is 0 Å². The maximum absolute atomic E-state index is 12.5. The molecule has 0 saturated carbocycles. The highest BCUT2D eigenvalue weighted by molar-refractivity contribution is 5.84. The first kappa shape index (κ1) is 18.8. The molecular formula is C23H29NO2. The van der Waals surface area contributed by atoms with Gasteiger partial charge >= 0.3 is 0 Å². The Morgan fingerprint density at radius 2 is 1.65 bits per heavy atom. The van der Waals surface area contributed by atoms with Crippen LogP contribution in [0.5, 0.6) is 0 Å². The molecule has 2 aromatic carbocycles. The van der Waals surface area contributed by atoms with Gasteiger partial charge < -0.3 is 4.74 Å². The van der Waals surface area contributed by atoms with Gasteiger partial charge in [-0.05, 0) is 31.0 Å². The molecule has 0 N–H and O–H groups in total. The monoisotopic (exact) mass is 351 g/mol. The summed E-state index contributed by atoms with van der Waals surface area (Å²) in [6.07, 6.45) is 1.53. The van der Waals surface area contributed by atoms with E-state index in [4.69, 9.17) is 4.74 Å². The summed E-state index contributed by atoms with van der Waals surface area (Å²) in [5.41, 5.74) is 2.66. The van der Waals surface area contributed by atoms with Gasteiger partial charge in [-0.25, -0.2) is 0 Å². The van der Waals surface area contributed by atoms with Crippen LogP contribution in [-0.2, 0) is 9.53 Å². The number of Topliss-reactive ketones (excluding diaryl/α,β-unsaturated/α-hetero) is 1. The lowest BCUT2D eigenvalue weighted by Gasteiger charge is -2.39. The van der Waals surface area contributed by atoms with Gasteiger partial charge in [0, 0.05) is 18.9 Å². The van der Waals surface area contributed by atoms with Crippen LogP contribution in [0, 0.1) is 0 Å². The Labute approximate surface area is 157 Å². The molecule has 2 aromatic rings. The summed E-state index contributed by atoms with van der Waals surface area (Å²) in [4.78, 5) is 14.8. The van der Waals surface area contributed by atoms with Gasteiger partial charge in [0.2, 0.25) is 0 Å². The van der Waals surface area contributed by atoms with Crippen LogP contribution in [0.2, 0.25) is 0 Å². The second-order valence-corrected chi connectivity index (χ2v) is 7.04. The number of rotatable bonds is 7. The summed E-state index contributed by atoms with van der Waals surface area (Å²) in [7, 11) is 0. The Hall–Kier alpha value is -1.97. The molecule has 3 rings (SSSR count). The summed E-state index contributed by atoms with van der Waals surface area (Å²) in [5.74, 6) is 0.626. The largest absolute Gasteiger partial charge is 0.375 e. The molecule has 0 aromatic heterocycles. The number of morpholine rings is 1. The van der Waals surface area contributed by atoms with Crippen molar-refractivity contribution >= 4 is 5.78 Å². The predicted octanol–water partition coefficient (Wildman–Crippen LogP) is 4.28. The highest BCUT2D eigenvalue weighted by atomic mass is 16.5. The van der Waals surface area contributed by atoms with Gasteiger partial charge in [-0.3, -0.25) is 9.69 Å². The van der Waals surface area contributed by atoms with Gasteiger partial charge in [-0.15, -0.1) is 0 Å². The minimum absolute atomic E-state index is 0.0249. The standard InChI is InChI=1S/C23H29NO2/c1-3-22(25)23-18(2)26-17-16-24(23)15-14-21(19-10-6-4-7-11-19)20-12-8-5-9-13-20/h4-13,18,21,23H,3,14-17H2,1-2H3. The lowest BCUT2D eigenvalue weighted by atomic mass is 9.88. The van der Waals surface area contributed by atoms with Crippen LogP contribution in [0.1, 0.15) is 43.7 Å². The van der Waals surface area contributed by atoms with E-state index in [-0.39, 0.29) is 17.9 Å². The third-order valence-corrected chi connectivity index (χ3v) is 5.38.